The monoisotopic (exact) mass is 284 g/mol. The molecular formula is C15H25ClN2O. The summed E-state index contributed by atoms with van der Waals surface area (Å²) in [4.78, 5) is 4.48. The van der Waals surface area contributed by atoms with Crippen molar-refractivity contribution in [2.75, 3.05) is 0 Å². The highest BCUT2D eigenvalue weighted by molar-refractivity contribution is 6.20. The Morgan fingerprint density at radius 1 is 1.26 bits per heavy atom. The minimum absolute atomic E-state index is 0.122. The van der Waals surface area contributed by atoms with Crippen molar-refractivity contribution in [3.05, 3.63) is 11.7 Å². The summed E-state index contributed by atoms with van der Waals surface area (Å²) < 4.78 is 5.40. The summed E-state index contributed by atoms with van der Waals surface area (Å²) >= 11 is 6.14. The van der Waals surface area contributed by atoms with Crippen molar-refractivity contribution in [2.45, 2.75) is 71.1 Å². The molecule has 19 heavy (non-hydrogen) atoms. The SMILES string of the molecule is CCC(Cl)c1noc(C2CCC(C(C)(C)C)CC2)n1. The first kappa shape index (κ1) is 14.8. The van der Waals surface area contributed by atoms with Gasteiger partial charge in [-0.25, -0.2) is 0 Å². The highest BCUT2D eigenvalue weighted by atomic mass is 35.5. The summed E-state index contributed by atoms with van der Waals surface area (Å²) in [6, 6.07) is 0. The van der Waals surface area contributed by atoms with Crippen molar-refractivity contribution in [2.24, 2.45) is 11.3 Å². The highest BCUT2D eigenvalue weighted by Crippen LogP contribution is 2.42. The lowest BCUT2D eigenvalue weighted by Crippen LogP contribution is -2.25. The Balaban J connectivity index is 1.96. The van der Waals surface area contributed by atoms with E-state index >= 15 is 0 Å². The Kier molecular flexibility index (Phi) is 4.54. The number of halogens is 1. The van der Waals surface area contributed by atoms with Crippen molar-refractivity contribution in [3.8, 4) is 0 Å². The summed E-state index contributed by atoms with van der Waals surface area (Å²) in [5, 5.41) is 3.89. The Hall–Kier alpha value is -0.570. The van der Waals surface area contributed by atoms with Crippen LogP contribution in [-0.2, 0) is 0 Å². The molecule has 1 heterocycles. The molecule has 0 aromatic carbocycles. The van der Waals surface area contributed by atoms with Crippen molar-refractivity contribution in [1.82, 2.24) is 10.1 Å². The lowest BCUT2D eigenvalue weighted by atomic mass is 9.70. The van der Waals surface area contributed by atoms with Crippen LogP contribution in [0.25, 0.3) is 0 Å². The van der Waals surface area contributed by atoms with E-state index in [9.17, 15) is 0 Å². The Bertz CT molecular complexity index is 403. The van der Waals surface area contributed by atoms with E-state index in [2.05, 4.69) is 30.9 Å². The molecule has 0 bridgehead atoms. The van der Waals surface area contributed by atoms with Crippen LogP contribution in [0.4, 0.5) is 0 Å². The van der Waals surface area contributed by atoms with Gasteiger partial charge >= 0.3 is 0 Å². The predicted molar refractivity (Wildman–Crippen MR) is 77.3 cm³/mol. The molecule has 0 aliphatic heterocycles. The minimum Gasteiger partial charge on any atom is -0.339 e. The van der Waals surface area contributed by atoms with Crippen molar-refractivity contribution in [3.63, 3.8) is 0 Å². The third-order valence-electron chi connectivity index (χ3n) is 4.40. The van der Waals surface area contributed by atoms with Crippen LogP contribution in [0, 0.1) is 11.3 Å². The molecular weight excluding hydrogens is 260 g/mol. The van der Waals surface area contributed by atoms with Crippen molar-refractivity contribution < 1.29 is 4.52 Å². The maximum absolute atomic E-state index is 6.14. The van der Waals surface area contributed by atoms with Crippen LogP contribution in [0.1, 0.15) is 82.8 Å². The Morgan fingerprint density at radius 3 is 2.42 bits per heavy atom. The molecule has 2 rings (SSSR count). The largest absolute Gasteiger partial charge is 0.339 e. The first-order chi connectivity index (χ1) is 8.91. The Morgan fingerprint density at radius 2 is 1.89 bits per heavy atom. The Labute approximate surface area is 121 Å². The number of nitrogens with zero attached hydrogens (tertiary/aromatic N) is 2. The molecule has 0 amide bonds. The summed E-state index contributed by atoms with van der Waals surface area (Å²) in [6.07, 6.45) is 5.65. The van der Waals surface area contributed by atoms with E-state index in [1.165, 1.54) is 12.8 Å². The van der Waals surface area contributed by atoms with Gasteiger partial charge in [0.1, 0.15) is 0 Å². The van der Waals surface area contributed by atoms with Gasteiger partial charge < -0.3 is 4.52 Å². The molecule has 1 saturated carbocycles. The van der Waals surface area contributed by atoms with E-state index in [-0.39, 0.29) is 5.38 Å². The molecule has 3 nitrogen and oxygen atoms in total. The van der Waals surface area contributed by atoms with Gasteiger partial charge in [-0.3, -0.25) is 0 Å². The summed E-state index contributed by atoms with van der Waals surface area (Å²) in [6.45, 7) is 9.04. The number of alkyl halides is 1. The zero-order chi connectivity index (χ0) is 14.0. The molecule has 1 fully saturated rings. The summed E-state index contributed by atoms with van der Waals surface area (Å²) in [5.41, 5.74) is 0.411. The third kappa shape index (κ3) is 3.50. The number of aromatic nitrogens is 2. The second-order valence-corrected chi connectivity index (χ2v) is 7.31. The normalized spacial score (nSPS) is 26.4. The molecule has 1 aromatic rings. The summed E-state index contributed by atoms with van der Waals surface area (Å²) in [5.74, 6) is 2.68. The fraction of sp³-hybridized carbons (Fsp3) is 0.867. The van der Waals surface area contributed by atoms with Gasteiger partial charge in [0.2, 0.25) is 5.89 Å². The topological polar surface area (TPSA) is 38.9 Å². The average molecular weight is 285 g/mol. The molecule has 108 valence electrons. The lowest BCUT2D eigenvalue weighted by Gasteiger charge is -2.35. The maximum atomic E-state index is 6.14. The molecule has 0 saturated heterocycles. The molecule has 1 unspecified atom stereocenters. The molecule has 0 N–H and O–H groups in total. The number of rotatable bonds is 3. The zero-order valence-corrected chi connectivity index (χ0v) is 13.2. The van der Waals surface area contributed by atoms with Crippen LogP contribution in [0.5, 0.6) is 0 Å². The number of hydrogen-bond donors (Lipinski definition) is 0. The van der Waals surface area contributed by atoms with E-state index in [4.69, 9.17) is 16.1 Å². The zero-order valence-electron chi connectivity index (χ0n) is 12.4. The van der Waals surface area contributed by atoms with Gasteiger partial charge in [0, 0.05) is 5.92 Å². The van der Waals surface area contributed by atoms with Gasteiger partial charge in [-0.1, -0.05) is 32.9 Å². The molecule has 0 radical (unpaired) electrons. The second kappa shape index (κ2) is 5.82. The second-order valence-electron chi connectivity index (χ2n) is 6.78. The standard InChI is InChI=1S/C15H25ClN2O/c1-5-12(16)13-17-14(19-18-13)10-6-8-11(9-7-10)15(2,3)4/h10-12H,5-9H2,1-4H3. The maximum Gasteiger partial charge on any atom is 0.229 e. The molecule has 1 atom stereocenters. The van der Waals surface area contributed by atoms with E-state index in [0.717, 1.165) is 31.1 Å². The van der Waals surface area contributed by atoms with Gasteiger partial charge in [0.05, 0.1) is 5.38 Å². The smallest absolute Gasteiger partial charge is 0.229 e. The van der Waals surface area contributed by atoms with Crippen molar-refractivity contribution >= 4 is 11.6 Å². The van der Waals surface area contributed by atoms with E-state index in [1.54, 1.807) is 0 Å². The first-order valence-electron chi connectivity index (χ1n) is 7.39. The molecule has 0 spiro atoms. The van der Waals surface area contributed by atoms with Crippen LogP contribution in [0.2, 0.25) is 0 Å². The van der Waals surface area contributed by atoms with Crippen LogP contribution < -0.4 is 0 Å². The van der Waals surface area contributed by atoms with Crippen LogP contribution in [-0.4, -0.2) is 10.1 Å². The highest BCUT2D eigenvalue weighted by Gasteiger charge is 2.32. The van der Waals surface area contributed by atoms with Gasteiger partial charge in [-0.05, 0) is 43.4 Å². The predicted octanol–water partition coefficient (Wildman–Crippen LogP) is 5.08. The lowest BCUT2D eigenvalue weighted by molar-refractivity contribution is 0.159. The van der Waals surface area contributed by atoms with Gasteiger partial charge in [0.25, 0.3) is 0 Å². The minimum atomic E-state index is -0.122. The third-order valence-corrected chi connectivity index (χ3v) is 4.90. The fourth-order valence-electron chi connectivity index (χ4n) is 2.93. The van der Waals surface area contributed by atoms with E-state index in [1.807, 2.05) is 6.92 Å². The van der Waals surface area contributed by atoms with Crippen molar-refractivity contribution in [1.29, 1.82) is 0 Å². The molecule has 1 aliphatic carbocycles. The van der Waals surface area contributed by atoms with Gasteiger partial charge in [-0.15, -0.1) is 11.6 Å². The number of hydrogen-bond acceptors (Lipinski definition) is 3. The summed E-state index contributed by atoms with van der Waals surface area (Å²) in [7, 11) is 0. The molecule has 1 aliphatic rings. The van der Waals surface area contributed by atoms with Crippen LogP contribution >= 0.6 is 11.6 Å². The van der Waals surface area contributed by atoms with E-state index < -0.39 is 0 Å². The van der Waals surface area contributed by atoms with Gasteiger partial charge in [0.15, 0.2) is 5.82 Å². The first-order valence-corrected chi connectivity index (χ1v) is 7.83. The van der Waals surface area contributed by atoms with Crippen LogP contribution in [0.15, 0.2) is 4.52 Å². The average Bonchev–Trinajstić information content (AvgIpc) is 2.86. The van der Waals surface area contributed by atoms with Crippen LogP contribution in [0.3, 0.4) is 0 Å². The fourth-order valence-corrected chi connectivity index (χ4v) is 3.02. The molecule has 1 aromatic heterocycles. The molecule has 4 heteroatoms. The van der Waals surface area contributed by atoms with E-state index in [0.29, 0.717) is 17.2 Å². The van der Waals surface area contributed by atoms with Gasteiger partial charge in [-0.2, -0.15) is 4.98 Å². The quantitative estimate of drug-likeness (QED) is 0.727.